The molecule has 0 amide bonds. The Morgan fingerprint density at radius 3 is 2.17 bits per heavy atom. The molecule has 2 rings (SSSR count). The van der Waals surface area contributed by atoms with Crippen molar-refractivity contribution in [3.05, 3.63) is 41.5 Å². The second kappa shape index (κ2) is 7.93. The molecular weight excluding hydrogens is 308 g/mol. The number of aromatic hydroxyl groups is 1. The van der Waals surface area contributed by atoms with Gasteiger partial charge >= 0.3 is 0 Å². The maximum Gasteiger partial charge on any atom is 0.201 e. The second-order valence-electron chi connectivity index (χ2n) is 5.39. The van der Waals surface area contributed by atoms with E-state index < -0.39 is 0 Å². The van der Waals surface area contributed by atoms with Crippen LogP contribution in [0.15, 0.2) is 30.3 Å². The van der Waals surface area contributed by atoms with Crippen LogP contribution >= 0.6 is 0 Å². The van der Waals surface area contributed by atoms with Gasteiger partial charge in [-0.15, -0.1) is 0 Å². The zero-order valence-electron chi connectivity index (χ0n) is 14.8. The summed E-state index contributed by atoms with van der Waals surface area (Å²) in [5.41, 5.74) is 1.98. The lowest BCUT2D eigenvalue weighted by molar-refractivity contribution is 0.119. The van der Waals surface area contributed by atoms with Crippen LogP contribution in [-0.4, -0.2) is 26.4 Å². The highest BCUT2D eigenvalue weighted by Crippen LogP contribution is 2.43. The zero-order valence-corrected chi connectivity index (χ0v) is 14.8. The van der Waals surface area contributed by atoms with Gasteiger partial charge in [0.25, 0.3) is 0 Å². The SMILES string of the molecule is CCc1ccc(Oc2cc(C(C)OC)cc(OC)c2O)c(OC)c1. The van der Waals surface area contributed by atoms with E-state index in [2.05, 4.69) is 6.92 Å². The third kappa shape index (κ3) is 3.74. The van der Waals surface area contributed by atoms with E-state index in [1.165, 1.54) is 7.11 Å². The van der Waals surface area contributed by atoms with Crippen LogP contribution in [0.5, 0.6) is 28.7 Å². The van der Waals surface area contributed by atoms with Crippen LogP contribution < -0.4 is 14.2 Å². The summed E-state index contributed by atoms with van der Waals surface area (Å²) in [6.07, 6.45) is 0.738. The van der Waals surface area contributed by atoms with E-state index in [9.17, 15) is 5.11 Å². The van der Waals surface area contributed by atoms with Gasteiger partial charge < -0.3 is 24.1 Å². The number of phenols is 1. The summed E-state index contributed by atoms with van der Waals surface area (Å²) in [7, 11) is 4.71. The molecule has 0 aliphatic rings. The number of benzene rings is 2. The third-order valence-electron chi connectivity index (χ3n) is 3.96. The monoisotopic (exact) mass is 332 g/mol. The summed E-state index contributed by atoms with van der Waals surface area (Å²) >= 11 is 0. The lowest BCUT2D eigenvalue weighted by Crippen LogP contribution is -1.99. The van der Waals surface area contributed by atoms with E-state index in [1.54, 1.807) is 26.4 Å². The number of aryl methyl sites for hydroxylation is 1. The van der Waals surface area contributed by atoms with Gasteiger partial charge in [-0.2, -0.15) is 0 Å². The Labute approximate surface area is 142 Å². The van der Waals surface area contributed by atoms with E-state index in [4.69, 9.17) is 18.9 Å². The molecule has 2 aromatic carbocycles. The molecule has 0 aliphatic heterocycles. The molecule has 0 saturated heterocycles. The molecule has 0 radical (unpaired) electrons. The Kier molecular flexibility index (Phi) is 5.93. The van der Waals surface area contributed by atoms with Gasteiger partial charge in [0.2, 0.25) is 5.75 Å². The molecule has 5 nitrogen and oxygen atoms in total. The molecule has 1 atom stereocenters. The minimum absolute atomic E-state index is 0.0637. The maximum atomic E-state index is 10.4. The molecule has 0 saturated carbocycles. The summed E-state index contributed by atoms with van der Waals surface area (Å²) in [5.74, 6) is 1.68. The minimum Gasteiger partial charge on any atom is -0.502 e. The van der Waals surface area contributed by atoms with Crippen LogP contribution in [0.25, 0.3) is 0 Å². The van der Waals surface area contributed by atoms with Crippen LogP contribution in [0.2, 0.25) is 0 Å². The smallest absolute Gasteiger partial charge is 0.201 e. The lowest BCUT2D eigenvalue weighted by Gasteiger charge is -2.17. The fourth-order valence-electron chi connectivity index (χ4n) is 2.34. The lowest BCUT2D eigenvalue weighted by atomic mass is 10.1. The van der Waals surface area contributed by atoms with Gasteiger partial charge in [0.15, 0.2) is 23.0 Å². The van der Waals surface area contributed by atoms with Crippen LogP contribution in [0.1, 0.15) is 31.1 Å². The summed E-state index contributed by atoms with van der Waals surface area (Å²) in [6, 6.07) is 9.18. The summed E-state index contributed by atoms with van der Waals surface area (Å²) < 4.78 is 21.9. The minimum atomic E-state index is -0.161. The molecule has 24 heavy (non-hydrogen) atoms. The van der Waals surface area contributed by atoms with E-state index in [-0.39, 0.29) is 17.6 Å². The second-order valence-corrected chi connectivity index (χ2v) is 5.39. The Balaban J connectivity index is 2.45. The van der Waals surface area contributed by atoms with E-state index in [0.717, 1.165) is 17.5 Å². The zero-order chi connectivity index (χ0) is 17.7. The van der Waals surface area contributed by atoms with Gasteiger partial charge in [0.05, 0.1) is 20.3 Å². The molecule has 2 aromatic rings. The quantitative estimate of drug-likeness (QED) is 0.810. The predicted octanol–water partition coefficient (Wildman–Crippen LogP) is 4.47. The van der Waals surface area contributed by atoms with Crippen molar-refractivity contribution in [2.45, 2.75) is 26.4 Å². The Morgan fingerprint density at radius 1 is 0.917 bits per heavy atom. The van der Waals surface area contributed by atoms with Crippen LogP contribution in [0, 0.1) is 0 Å². The van der Waals surface area contributed by atoms with Crippen molar-refractivity contribution in [3.63, 3.8) is 0 Å². The highest BCUT2D eigenvalue weighted by atomic mass is 16.5. The first-order valence-electron chi connectivity index (χ1n) is 7.82. The van der Waals surface area contributed by atoms with Crippen molar-refractivity contribution in [3.8, 4) is 28.7 Å². The molecular formula is C19H24O5. The average Bonchev–Trinajstić information content (AvgIpc) is 2.62. The molecule has 0 bridgehead atoms. The normalized spacial score (nSPS) is 11.9. The summed E-state index contributed by atoms with van der Waals surface area (Å²) in [6.45, 7) is 3.98. The number of hydrogen-bond donors (Lipinski definition) is 1. The van der Waals surface area contributed by atoms with Gasteiger partial charge in [0, 0.05) is 7.11 Å². The van der Waals surface area contributed by atoms with Crippen molar-refractivity contribution < 1.29 is 24.1 Å². The average molecular weight is 332 g/mol. The molecule has 0 aliphatic carbocycles. The van der Waals surface area contributed by atoms with Crippen molar-refractivity contribution in [1.82, 2.24) is 0 Å². The van der Waals surface area contributed by atoms with Crippen LogP contribution in [0.4, 0.5) is 0 Å². The highest BCUT2D eigenvalue weighted by molar-refractivity contribution is 5.56. The Morgan fingerprint density at radius 2 is 1.58 bits per heavy atom. The van der Waals surface area contributed by atoms with Crippen molar-refractivity contribution in [2.24, 2.45) is 0 Å². The number of ether oxygens (including phenoxy) is 4. The number of rotatable bonds is 7. The summed E-state index contributed by atoms with van der Waals surface area (Å²) in [4.78, 5) is 0. The standard InChI is InChI=1S/C19H24O5/c1-6-13-7-8-15(16(9-13)22-4)24-18-11-14(12(2)21-3)10-17(23-5)19(18)20/h7-12,20H,6H2,1-5H3. The topological polar surface area (TPSA) is 57.2 Å². The largest absolute Gasteiger partial charge is 0.502 e. The van der Waals surface area contributed by atoms with Crippen molar-refractivity contribution in [2.75, 3.05) is 21.3 Å². The molecule has 0 aromatic heterocycles. The first-order valence-corrected chi connectivity index (χ1v) is 7.82. The van der Waals surface area contributed by atoms with E-state index in [0.29, 0.717) is 17.2 Å². The van der Waals surface area contributed by atoms with Crippen LogP contribution in [0.3, 0.4) is 0 Å². The molecule has 0 heterocycles. The first kappa shape index (κ1) is 17.9. The van der Waals surface area contributed by atoms with Gasteiger partial charge in [-0.1, -0.05) is 13.0 Å². The highest BCUT2D eigenvalue weighted by Gasteiger charge is 2.17. The third-order valence-corrected chi connectivity index (χ3v) is 3.96. The Hall–Kier alpha value is -2.40. The fourth-order valence-corrected chi connectivity index (χ4v) is 2.34. The molecule has 0 fully saturated rings. The van der Waals surface area contributed by atoms with Crippen molar-refractivity contribution >= 4 is 0 Å². The Bertz CT molecular complexity index is 696. The van der Waals surface area contributed by atoms with E-state index in [1.807, 2.05) is 25.1 Å². The fraction of sp³-hybridized carbons (Fsp3) is 0.368. The van der Waals surface area contributed by atoms with Crippen molar-refractivity contribution in [1.29, 1.82) is 0 Å². The molecule has 5 heteroatoms. The predicted molar refractivity (Wildman–Crippen MR) is 92.5 cm³/mol. The van der Waals surface area contributed by atoms with E-state index >= 15 is 0 Å². The molecule has 0 spiro atoms. The molecule has 1 unspecified atom stereocenters. The maximum absolute atomic E-state index is 10.4. The van der Waals surface area contributed by atoms with Gasteiger partial charge in [-0.3, -0.25) is 0 Å². The van der Waals surface area contributed by atoms with Gasteiger partial charge in [-0.25, -0.2) is 0 Å². The van der Waals surface area contributed by atoms with Gasteiger partial charge in [-0.05, 0) is 48.7 Å². The van der Waals surface area contributed by atoms with Gasteiger partial charge in [0.1, 0.15) is 0 Å². The number of methoxy groups -OCH3 is 3. The first-order chi connectivity index (χ1) is 11.5. The number of phenolic OH excluding ortho intramolecular Hbond substituents is 1. The number of hydrogen-bond acceptors (Lipinski definition) is 5. The summed E-state index contributed by atoms with van der Waals surface area (Å²) in [5, 5.41) is 10.4. The molecule has 130 valence electrons. The van der Waals surface area contributed by atoms with Crippen LogP contribution in [-0.2, 0) is 11.2 Å². The molecule has 1 N–H and O–H groups in total.